The van der Waals surface area contributed by atoms with Crippen molar-refractivity contribution < 1.29 is 14.7 Å². The highest BCUT2D eigenvalue weighted by Crippen LogP contribution is 2.30. The van der Waals surface area contributed by atoms with E-state index in [0.29, 0.717) is 5.56 Å². The maximum absolute atomic E-state index is 12.5. The van der Waals surface area contributed by atoms with Crippen LogP contribution in [0.25, 0.3) is 0 Å². The molecule has 4 heteroatoms. The summed E-state index contributed by atoms with van der Waals surface area (Å²) in [6.45, 7) is 7.57. The summed E-state index contributed by atoms with van der Waals surface area (Å²) in [5.41, 5.74) is -0.850. The van der Waals surface area contributed by atoms with E-state index in [4.69, 9.17) is 0 Å². The van der Waals surface area contributed by atoms with Gasteiger partial charge < -0.3 is 10.0 Å². The highest BCUT2D eigenvalue weighted by atomic mass is 16.4. The number of aliphatic carboxylic acids is 1. The van der Waals surface area contributed by atoms with Crippen LogP contribution >= 0.6 is 0 Å². The van der Waals surface area contributed by atoms with Gasteiger partial charge in [-0.15, -0.1) is 0 Å². The molecule has 0 aliphatic rings. The number of carbonyl (C=O) groups excluding carboxylic acids is 1. The highest BCUT2D eigenvalue weighted by Gasteiger charge is 2.39. The molecule has 0 aromatic heterocycles. The lowest BCUT2D eigenvalue weighted by Gasteiger charge is -2.37. The monoisotopic (exact) mass is 291 g/mol. The Morgan fingerprint density at radius 1 is 1.14 bits per heavy atom. The molecule has 0 aliphatic carbocycles. The highest BCUT2D eigenvalue weighted by molar-refractivity contribution is 5.89. The molecule has 1 rings (SSSR count). The molecule has 21 heavy (non-hydrogen) atoms. The van der Waals surface area contributed by atoms with Crippen LogP contribution in [-0.4, -0.2) is 34.5 Å². The van der Waals surface area contributed by atoms with Crippen molar-refractivity contribution in [3.63, 3.8) is 0 Å². The molecule has 1 N–H and O–H groups in total. The first-order valence-corrected chi connectivity index (χ1v) is 7.20. The fourth-order valence-electron chi connectivity index (χ4n) is 2.10. The second-order valence-corrected chi connectivity index (χ2v) is 6.30. The molecule has 0 saturated carbocycles. The van der Waals surface area contributed by atoms with Gasteiger partial charge in [0.25, 0.3) is 0 Å². The van der Waals surface area contributed by atoms with Gasteiger partial charge >= 0.3 is 5.97 Å². The third-order valence-electron chi connectivity index (χ3n) is 4.54. The molecule has 116 valence electrons. The summed E-state index contributed by atoms with van der Waals surface area (Å²) < 4.78 is 0. The fraction of sp³-hybridized carbons (Fsp3) is 0.529. The average molecular weight is 291 g/mol. The molecule has 1 unspecified atom stereocenters. The zero-order valence-corrected chi connectivity index (χ0v) is 13.5. The molecule has 0 saturated heterocycles. The van der Waals surface area contributed by atoms with Crippen LogP contribution in [0, 0.1) is 0 Å². The number of carbonyl (C=O) groups is 2. The Morgan fingerprint density at radius 3 is 2.10 bits per heavy atom. The van der Waals surface area contributed by atoms with E-state index in [1.54, 1.807) is 43.1 Å². The number of amides is 1. The lowest BCUT2D eigenvalue weighted by Crippen LogP contribution is -2.47. The van der Waals surface area contributed by atoms with E-state index in [9.17, 15) is 14.7 Å². The van der Waals surface area contributed by atoms with Crippen LogP contribution in [0.3, 0.4) is 0 Å². The quantitative estimate of drug-likeness (QED) is 0.876. The minimum absolute atomic E-state index is 0.0493. The standard InChI is InChI=1S/C17H25NO3/c1-6-16(2,3)18(5)14(19)12-17(4,15(20)21)13-10-8-7-9-11-13/h7-11H,6,12H2,1-5H3,(H,20,21). The zero-order valence-electron chi connectivity index (χ0n) is 13.5. The molecule has 1 aromatic rings. The summed E-state index contributed by atoms with van der Waals surface area (Å²) in [6.07, 6.45) is 0.761. The fourth-order valence-corrected chi connectivity index (χ4v) is 2.10. The van der Waals surface area contributed by atoms with Crippen molar-refractivity contribution in [2.24, 2.45) is 0 Å². The maximum atomic E-state index is 12.5. The normalized spacial score (nSPS) is 14.3. The molecule has 0 fully saturated rings. The first-order valence-electron chi connectivity index (χ1n) is 7.20. The smallest absolute Gasteiger partial charge is 0.314 e. The minimum atomic E-state index is -1.21. The van der Waals surface area contributed by atoms with Crippen LogP contribution in [0.2, 0.25) is 0 Å². The van der Waals surface area contributed by atoms with Crippen molar-refractivity contribution in [2.75, 3.05) is 7.05 Å². The Kier molecular flexibility index (Phi) is 5.15. The Morgan fingerprint density at radius 2 is 1.67 bits per heavy atom. The first kappa shape index (κ1) is 17.2. The Balaban J connectivity index is 3.05. The van der Waals surface area contributed by atoms with Crippen LogP contribution in [0.15, 0.2) is 30.3 Å². The number of rotatable bonds is 6. The molecule has 0 aliphatic heterocycles. The van der Waals surface area contributed by atoms with Crippen molar-refractivity contribution in [3.05, 3.63) is 35.9 Å². The van der Waals surface area contributed by atoms with E-state index in [0.717, 1.165) is 6.42 Å². The molecule has 4 nitrogen and oxygen atoms in total. The third-order valence-corrected chi connectivity index (χ3v) is 4.54. The van der Waals surface area contributed by atoms with E-state index in [1.165, 1.54) is 0 Å². The van der Waals surface area contributed by atoms with E-state index >= 15 is 0 Å². The van der Waals surface area contributed by atoms with Gasteiger partial charge in [0.1, 0.15) is 0 Å². The Bertz CT molecular complexity index is 510. The number of hydrogen-bond acceptors (Lipinski definition) is 2. The van der Waals surface area contributed by atoms with Gasteiger partial charge in [0.2, 0.25) is 5.91 Å². The van der Waals surface area contributed by atoms with Crippen molar-refractivity contribution in [2.45, 2.75) is 51.5 Å². The average Bonchev–Trinajstić information content (AvgIpc) is 2.46. The predicted molar refractivity (Wildman–Crippen MR) is 83.2 cm³/mol. The topological polar surface area (TPSA) is 57.6 Å². The molecule has 0 radical (unpaired) electrons. The van der Waals surface area contributed by atoms with Crippen LogP contribution < -0.4 is 0 Å². The van der Waals surface area contributed by atoms with Gasteiger partial charge in [-0.25, -0.2) is 0 Å². The van der Waals surface area contributed by atoms with Crippen molar-refractivity contribution in [1.29, 1.82) is 0 Å². The molecule has 1 aromatic carbocycles. The predicted octanol–water partition coefficient (Wildman–Crippen LogP) is 3.07. The lowest BCUT2D eigenvalue weighted by atomic mass is 9.79. The summed E-state index contributed by atoms with van der Waals surface area (Å²) >= 11 is 0. The van der Waals surface area contributed by atoms with E-state index in [1.807, 2.05) is 26.8 Å². The number of carboxylic acid groups (broad SMARTS) is 1. The summed E-state index contributed by atoms with van der Waals surface area (Å²) in [5.74, 6) is -1.14. The van der Waals surface area contributed by atoms with E-state index < -0.39 is 11.4 Å². The molecule has 1 atom stereocenters. The minimum Gasteiger partial charge on any atom is -0.481 e. The van der Waals surface area contributed by atoms with Crippen molar-refractivity contribution in [1.82, 2.24) is 4.90 Å². The zero-order chi connectivity index (χ0) is 16.3. The molecular formula is C17H25NO3. The second kappa shape index (κ2) is 6.29. The van der Waals surface area contributed by atoms with Gasteiger partial charge in [-0.3, -0.25) is 9.59 Å². The van der Waals surface area contributed by atoms with Crippen LogP contribution in [-0.2, 0) is 15.0 Å². The maximum Gasteiger partial charge on any atom is 0.314 e. The van der Waals surface area contributed by atoms with Crippen LogP contribution in [0.5, 0.6) is 0 Å². The summed E-state index contributed by atoms with van der Waals surface area (Å²) in [5, 5.41) is 9.61. The molecule has 0 heterocycles. The second-order valence-electron chi connectivity index (χ2n) is 6.30. The van der Waals surface area contributed by atoms with Gasteiger partial charge in [0.15, 0.2) is 0 Å². The SMILES string of the molecule is CCC(C)(C)N(C)C(=O)CC(C)(C(=O)O)c1ccccc1. The molecular weight excluding hydrogens is 266 g/mol. The van der Waals surface area contributed by atoms with Gasteiger partial charge in [0.05, 0.1) is 5.41 Å². The largest absolute Gasteiger partial charge is 0.481 e. The number of carboxylic acids is 1. The van der Waals surface area contributed by atoms with Gasteiger partial charge in [0, 0.05) is 19.0 Å². The lowest BCUT2D eigenvalue weighted by molar-refractivity contribution is -0.148. The van der Waals surface area contributed by atoms with Crippen molar-refractivity contribution in [3.8, 4) is 0 Å². The van der Waals surface area contributed by atoms with Gasteiger partial charge in [-0.1, -0.05) is 37.3 Å². The van der Waals surface area contributed by atoms with E-state index in [2.05, 4.69) is 0 Å². The van der Waals surface area contributed by atoms with Crippen molar-refractivity contribution >= 4 is 11.9 Å². The molecule has 0 spiro atoms. The summed E-state index contributed by atoms with van der Waals surface area (Å²) in [6, 6.07) is 8.93. The Hall–Kier alpha value is -1.84. The van der Waals surface area contributed by atoms with Crippen LogP contribution in [0.1, 0.15) is 46.1 Å². The first-order chi connectivity index (χ1) is 9.65. The third kappa shape index (κ3) is 3.63. The summed E-state index contributed by atoms with van der Waals surface area (Å²) in [7, 11) is 1.74. The molecule has 0 bridgehead atoms. The Labute approximate surface area is 126 Å². The van der Waals surface area contributed by atoms with Crippen LogP contribution in [0.4, 0.5) is 0 Å². The summed E-state index contributed by atoms with van der Waals surface area (Å²) in [4.78, 5) is 25.9. The van der Waals surface area contributed by atoms with E-state index in [-0.39, 0.29) is 17.9 Å². The molecule has 1 amide bonds. The van der Waals surface area contributed by atoms with Gasteiger partial charge in [-0.2, -0.15) is 0 Å². The van der Waals surface area contributed by atoms with Gasteiger partial charge in [-0.05, 0) is 32.8 Å². The number of hydrogen-bond donors (Lipinski definition) is 1. The number of nitrogens with zero attached hydrogens (tertiary/aromatic N) is 1. The number of benzene rings is 1.